The molecule has 80 heavy (non-hydrogen) atoms. The third-order valence-corrected chi connectivity index (χ3v) is 13.5. The number of nitrogens with zero attached hydrogens (tertiary/aromatic N) is 1. The predicted molar refractivity (Wildman–Crippen MR) is 341 cm³/mol. The van der Waals surface area contributed by atoms with Crippen molar-refractivity contribution in [2.24, 2.45) is 0 Å². The molecule has 2 unspecified atom stereocenters. The Bertz CT molecular complexity index is 1900. The molecule has 0 aromatic heterocycles. The molecule has 0 aliphatic heterocycles. The molecule has 0 aliphatic rings. The number of ether oxygens (including phenoxy) is 2. The minimum Gasteiger partial charge on any atom is -0.756 e. The van der Waals surface area contributed by atoms with Gasteiger partial charge in [0.25, 0.3) is 7.82 Å². The first-order valence-electron chi connectivity index (χ1n) is 31.2. The van der Waals surface area contributed by atoms with Gasteiger partial charge in [-0.1, -0.05) is 242 Å². The number of carbonyl (C=O) groups excluding carboxylic acids is 2. The maximum Gasteiger partial charge on any atom is 0.306 e. The third kappa shape index (κ3) is 62.8. The van der Waals surface area contributed by atoms with Gasteiger partial charge in [-0.3, -0.25) is 14.2 Å². The van der Waals surface area contributed by atoms with Gasteiger partial charge < -0.3 is 27.9 Å². The summed E-state index contributed by atoms with van der Waals surface area (Å²) in [7, 11) is 1.13. The number of phosphoric acid groups is 1. The highest BCUT2D eigenvalue weighted by Crippen LogP contribution is 2.38. The van der Waals surface area contributed by atoms with Gasteiger partial charge in [0.05, 0.1) is 27.7 Å². The second-order valence-corrected chi connectivity index (χ2v) is 22.7. The zero-order chi connectivity index (χ0) is 58.4. The summed E-state index contributed by atoms with van der Waals surface area (Å²) in [5.41, 5.74) is 0. The van der Waals surface area contributed by atoms with E-state index in [4.69, 9.17) is 18.5 Å². The summed E-state index contributed by atoms with van der Waals surface area (Å²) in [6.45, 7) is 3.97. The monoisotopic (exact) mass is 1130 g/mol. The number of allylic oxidation sites excluding steroid dienone is 26. The Labute approximate surface area is 490 Å². The first-order chi connectivity index (χ1) is 39.0. The Morgan fingerprint density at radius 3 is 1.00 bits per heavy atom. The Kier molecular flexibility index (Phi) is 56.0. The molecule has 0 rings (SSSR count). The van der Waals surface area contributed by atoms with Crippen LogP contribution < -0.4 is 4.89 Å². The van der Waals surface area contributed by atoms with Gasteiger partial charge in [-0.05, 0) is 122 Å². The number of hydrogen-bond donors (Lipinski definition) is 0. The topological polar surface area (TPSA) is 111 Å². The molecule has 2 atom stereocenters. The average molecular weight is 1130 g/mol. The standard InChI is InChI=1S/C70H114NO8P/c1-6-8-10-12-14-16-18-20-22-24-25-26-27-28-29-30-31-32-33-34-35-36-37-38-39-40-41-42-43-44-45-47-49-51-53-55-57-59-61-63-70(73)79-68(67-78-80(74,75)77-65-64-71(3,4)5)66-76-69(72)62-60-58-56-54-52-50-48-46-23-21-19-17-15-13-11-9-7-2/h8-11,14-17,20-23,25-26,28-29,31-32,34-35,37-38,40-41,43-44,68H,6-7,12-13,18-19,24,27,30,33,36,39,42,45-67H2,1-5H3/b10-8-,11-9-,16-14-,17-15-,22-20-,23-21-,26-25-,29-28-,32-31-,35-34-,38-37-,41-40-,44-43-. The van der Waals surface area contributed by atoms with E-state index in [-0.39, 0.29) is 26.1 Å². The summed E-state index contributed by atoms with van der Waals surface area (Å²) in [4.78, 5) is 37.9. The van der Waals surface area contributed by atoms with Crippen molar-refractivity contribution in [2.75, 3.05) is 47.5 Å². The Hall–Kier alpha value is -4.37. The highest BCUT2D eigenvalue weighted by molar-refractivity contribution is 7.45. The largest absolute Gasteiger partial charge is 0.756 e. The first-order valence-corrected chi connectivity index (χ1v) is 32.7. The Balaban J connectivity index is 4.16. The molecule has 0 amide bonds. The van der Waals surface area contributed by atoms with E-state index >= 15 is 0 Å². The Morgan fingerprint density at radius 2 is 0.675 bits per heavy atom. The summed E-state index contributed by atoms with van der Waals surface area (Å²) in [6.07, 6.45) is 88.7. The van der Waals surface area contributed by atoms with Crippen LogP contribution in [0.2, 0.25) is 0 Å². The van der Waals surface area contributed by atoms with Crippen molar-refractivity contribution in [1.82, 2.24) is 0 Å². The van der Waals surface area contributed by atoms with E-state index in [1.807, 2.05) is 21.1 Å². The van der Waals surface area contributed by atoms with Crippen molar-refractivity contribution in [2.45, 2.75) is 225 Å². The van der Waals surface area contributed by atoms with Crippen molar-refractivity contribution < 1.29 is 42.1 Å². The minimum absolute atomic E-state index is 0.0426. The molecular formula is C70H114NO8P. The van der Waals surface area contributed by atoms with Gasteiger partial charge in [0.15, 0.2) is 6.10 Å². The van der Waals surface area contributed by atoms with Crippen molar-refractivity contribution in [3.63, 3.8) is 0 Å². The zero-order valence-corrected chi connectivity index (χ0v) is 52.1. The van der Waals surface area contributed by atoms with Gasteiger partial charge in [0.2, 0.25) is 0 Å². The molecule has 10 heteroatoms. The van der Waals surface area contributed by atoms with E-state index in [0.29, 0.717) is 23.9 Å². The normalized spacial score (nSPS) is 14.3. The van der Waals surface area contributed by atoms with Crippen LogP contribution in [0.1, 0.15) is 219 Å². The van der Waals surface area contributed by atoms with Crippen LogP contribution in [0.15, 0.2) is 158 Å². The second-order valence-electron chi connectivity index (χ2n) is 21.3. The maximum absolute atomic E-state index is 12.8. The Morgan fingerprint density at radius 1 is 0.388 bits per heavy atom. The fourth-order valence-corrected chi connectivity index (χ4v) is 8.54. The predicted octanol–water partition coefficient (Wildman–Crippen LogP) is 19.4. The summed E-state index contributed by atoms with van der Waals surface area (Å²) >= 11 is 0. The van der Waals surface area contributed by atoms with E-state index in [1.165, 1.54) is 44.9 Å². The van der Waals surface area contributed by atoms with Crippen molar-refractivity contribution in [3.8, 4) is 0 Å². The molecule has 452 valence electrons. The molecule has 0 aliphatic carbocycles. The van der Waals surface area contributed by atoms with Crippen LogP contribution in [0.3, 0.4) is 0 Å². The molecule has 0 heterocycles. The number of carbonyl (C=O) groups is 2. The van der Waals surface area contributed by atoms with E-state index in [0.717, 1.165) is 135 Å². The number of unbranched alkanes of at least 4 members (excludes halogenated alkanes) is 15. The smallest absolute Gasteiger partial charge is 0.306 e. The summed E-state index contributed by atoms with van der Waals surface area (Å²) in [6, 6.07) is 0. The molecule has 0 aromatic carbocycles. The molecule has 0 fully saturated rings. The van der Waals surface area contributed by atoms with Gasteiger partial charge in [0, 0.05) is 12.8 Å². The van der Waals surface area contributed by atoms with E-state index < -0.39 is 32.5 Å². The minimum atomic E-state index is -4.65. The first kappa shape index (κ1) is 75.6. The highest BCUT2D eigenvalue weighted by atomic mass is 31.2. The molecule has 0 saturated heterocycles. The summed E-state index contributed by atoms with van der Waals surface area (Å²) in [5.74, 6) is -0.865. The van der Waals surface area contributed by atoms with Gasteiger partial charge >= 0.3 is 11.9 Å². The molecule has 0 saturated carbocycles. The van der Waals surface area contributed by atoms with Crippen LogP contribution >= 0.6 is 7.82 Å². The molecule has 0 radical (unpaired) electrons. The maximum atomic E-state index is 12.8. The fourth-order valence-electron chi connectivity index (χ4n) is 7.82. The summed E-state index contributed by atoms with van der Waals surface area (Å²) in [5, 5.41) is 0. The fraction of sp³-hybridized carbons (Fsp3) is 0.600. The lowest BCUT2D eigenvalue weighted by atomic mass is 10.1. The van der Waals surface area contributed by atoms with Crippen molar-refractivity contribution >= 4 is 19.8 Å². The zero-order valence-electron chi connectivity index (χ0n) is 51.2. The molecule has 0 aromatic rings. The van der Waals surface area contributed by atoms with Gasteiger partial charge in [-0.2, -0.15) is 0 Å². The molecule has 0 spiro atoms. The van der Waals surface area contributed by atoms with Gasteiger partial charge in [-0.25, -0.2) is 0 Å². The number of rotatable bonds is 55. The van der Waals surface area contributed by atoms with Gasteiger partial charge in [-0.15, -0.1) is 0 Å². The lowest BCUT2D eigenvalue weighted by molar-refractivity contribution is -0.870. The second kappa shape index (κ2) is 59.3. The van der Waals surface area contributed by atoms with Crippen LogP contribution in [0, 0.1) is 0 Å². The van der Waals surface area contributed by atoms with E-state index in [1.54, 1.807) is 0 Å². The molecular weight excluding hydrogens is 1010 g/mol. The number of phosphoric ester groups is 1. The quantitative estimate of drug-likeness (QED) is 0.0195. The van der Waals surface area contributed by atoms with Crippen LogP contribution in [0.4, 0.5) is 0 Å². The van der Waals surface area contributed by atoms with Crippen molar-refractivity contribution in [1.29, 1.82) is 0 Å². The van der Waals surface area contributed by atoms with E-state index in [2.05, 4.69) is 172 Å². The van der Waals surface area contributed by atoms with Gasteiger partial charge in [0.1, 0.15) is 19.8 Å². The van der Waals surface area contributed by atoms with Crippen molar-refractivity contribution in [3.05, 3.63) is 158 Å². The number of quaternary nitrogens is 1. The van der Waals surface area contributed by atoms with E-state index in [9.17, 15) is 19.0 Å². The van der Waals surface area contributed by atoms with Crippen LogP contribution in [-0.2, 0) is 32.7 Å². The SMILES string of the molecule is CC/C=C\C/C=C\C/C=C\C/C=C\C/C=C\C/C=C\C/C=C\C/C=C\C/C=C\C/C=C\CCCCCCCCCCC(=O)OC(COC(=O)CCCCCCCCC/C=C\C/C=C\C/C=C\CC)COP(=O)([O-])OCC[N+](C)(C)C. The van der Waals surface area contributed by atoms with Crippen LogP contribution in [0.25, 0.3) is 0 Å². The lowest BCUT2D eigenvalue weighted by Crippen LogP contribution is -2.37. The molecule has 9 nitrogen and oxygen atoms in total. The van der Waals surface area contributed by atoms with Crippen LogP contribution in [0.5, 0.6) is 0 Å². The third-order valence-electron chi connectivity index (χ3n) is 12.5. The molecule has 0 bridgehead atoms. The number of hydrogen-bond acceptors (Lipinski definition) is 8. The summed E-state index contributed by atoms with van der Waals surface area (Å²) < 4.78 is 34.1. The number of likely N-dealkylation sites (N-methyl/N-ethyl adjacent to an activating group) is 1. The molecule has 0 N–H and O–H groups in total. The van der Waals surface area contributed by atoms with Crippen LogP contribution in [-0.4, -0.2) is 70.0 Å². The highest BCUT2D eigenvalue weighted by Gasteiger charge is 2.22. The average Bonchev–Trinajstić information content (AvgIpc) is 3.42. The lowest BCUT2D eigenvalue weighted by Gasteiger charge is -2.28. The number of esters is 2.